The number of fused-ring (bicyclic) bond motifs is 1. The second-order valence-corrected chi connectivity index (χ2v) is 7.59. The van der Waals surface area contributed by atoms with Crippen molar-refractivity contribution < 1.29 is 4.79 Å². The molecular formula is C14H16N6O2S2. The minimum Gasteiger partial charge on any atom is -0.299 e. The molecule has 126 valence electrons. The molecule has 8 nitrogen and oxygen atoms in total. The molecule has 24 heavy (non-hydrogen) atoms. The molecule has 3 rings (SSSR count). The van der Waals surface area contributed by atoms with E-state index in [0.717, 1.165) is 26.6 Å². The Morgan fingerprint density at radius 3 is 2.67 bits per heavy atom. The third kappa shape index (κ3) is 2.82. The second-order valence-electron chi connectivity index (χ2n) is 5.32. The van der Waals surface area contributed by atoms with Gasteiger partial charge in [-0.25, -0.2) is 0 Å². The lowest BCUT2D eigenvalue weighted by Crippen LogP contribution is -2.34. The van der Waals surface area contributed by atoms with Gasteiger partial charge in [0.1, 0.15) is 11.0 Å². The first kappa shape index (κ1) is 16.7. The van der Waals surface area contributed by atoms with Gasteiger partial charge in [0.2, 0.25) is 5.13 Å². The first-order valence-corrected chi connectivity index (χ1v) is 9.04. The van der Waals surface area contributed by atoms with Gasteiger partial charge in [-0.2, -0.15) is 4.68 Å². The van der Waals surface area contributed by atoms with Gasteiger partial charge >= 0.3 is 0 Å². The van der Waals surface area contributed by atoms with Gasteiger partial charge in [0, 0.05) is 4.88 Å². The van der Waals surface area contributed by atoms with Crippen molar-refractivity contribution in [3.8, 4) is 0 Å². The summed E-state index contributed by atoms with van der Waals surface area (Å²) in [4.78, 5) is 26.7. The molecule has 0 aliphatic rings. The van der Waals surface area contributed by atoms with E-state index in [1.54, 1.807) is 6.92 Å². The molecule has 1 atom stereocenters. The van der Waals surface area contributed by atoms with Crippen LogP contribution >= 0.6 is 22.7 Å². The zero-order valence-corrected chi connectivity index (χ0v) is 15.3. The molecule has 0 aromatic carbocycles. The zero-order chi connectivity index (χ0) is 17.4. The lowest BCUT2D eigenvalue weighted by molar-refractivity contribution is -0.119. The molecule has 0 aliphatic heterocycles. The fraction of sp³-hybridized carbons (Fsp3) is 0.429. The standard InChI is InChI=1S/C14H16N6O2S2/c1-5-9-16-18-14(24-9)15-11(21)7(3)20-13(22)10-6(2)8(4)23-12(10)17-19-20/h7H,5H2,1-4H3,(H,15,18,21). The van der Waals surface area contributed by atoms with Crippen LogP contribution in [-0.4, -0.2) is 31.1 Å². The lowest BCUT2D eigenvalue weighted by atomic mass is 10.2. The molecule has 0 radical (unpaired) electrons. The van der Waals surface area contributed by atoms with E-state index in [9.17, 15) is 9.59 Å². The Labute approximate surface area is 145 Å². The average molecular weight is 364 g/mol. The van der Waals surface area contributed by atoms with E-state index in [1.165, 1.54) is 22.7 Å². The molecule has 0 fully saturated rings. The van der Waals surface area contributed by atoms with Gasteiger partial charge in [0.05, 0.1) is 5.39 Å². The molecule has 10 heteroatoms. The summed E-state index contributed by atoms with van der Waals surface area (Å²) < 4.78 is 1.11. The van der Waals surface area contributed by atoms with Crippen molar-refractivity contribution in [2.45, 2.75) is 40.2 Å². The second kappa shape index (κ2) is 6.36. The van der Waals surface area contributed by atoms with Crippen LogP contribution < -0.4 is 10.9 Å². The SMILES string of the molecule is CCc1nnc(NC(=O)C(C)n2nnc3sc(C)c(C)c3c2=O)s1. The molecule has 0 saturated carbocycles. The van der Waals surface area contributed by atoms with Crippen molar-refractivity contribution >= 4 is 43.9 Å². The molecule has 0 spiro atoms. The van der Waals surface area contributed by atoms with E-state index < -0.39 is 6.04 Å². The van der Waals surface area contributed by atoms with Gasteiger partial charge < -0.3 is 0 Å². The number of carbonyl (C=O) groups excluding carboxylic acids is 1. The van der Waals surface area contributed by atoms with E-state index in [4.69, 9.17) is 0 Å². The number of amides is 1. The van der Waals surface area contributed by atoms with E-state index in [0.29, 0.717) is 15.3 Å². The molecule has 3 aromatic heterocycles. The van der Waals surface area contributed by atoms with Crippen molar-refractivity contribution in [3.63, 3.8) is 0 Å². The van der Waals surface area contributed by atoms with Crippen LogP contribution in [0.5, 0.6) is 0 Å². The third-order valence-corrected chi connectivity index (χ3v) is 5.84. The highest BCUT2D eigenvalue weighted by molar-refractivity contribution is 7.18. The Hall–Kier alpha value is -2.20. The number of hydrogen-bond acceptors (Lipinski definition) is 8. The van der Waals surface area contributed by atoms with Crippen LogP contribution in [0.3, 0.4) is 0 Å². The maximum absolute atomic E-state index is 12.7. The average Bonchev–Trinajstić information content (AvgIpc) is 3.12. The quantitative estimate of drug-likeness (QED) is 0.760. The molecule has 3 heterocycles. The molecule has 3 aromatic rings. The minimum absolute atomic E-state index is 0.309. The van der Waals surface area contributed by atoms with Gasteiger partial charge in [0.25, 0.3) is 11.5 Å². The predicted molar refractivity (Wildman–Crippen MR) is 93.8 cm³/mol. The Kier molecular flexibility index (Phi) is 4.41. The molecule has 1 N–H and O–H groups in total. The van der Waals surface area contributed by atoms with Crippen molar-refractivity contribution in [3.05, 3.63) is 25.8 Å². The summed E-state index contributed by atoms with van der Waals surface area (Å²) in [5, 5.41) is 20.3. The van der Waals surface area contributed by atoms with Crippen molar-refractivity contribution in [1.29, 1.82) is 0 Å². The summed E-state index contributed by atoms with van der Waals surface area (Å²) >= 11 is 2.74. The van der Waals surface area contributed by atoms with Gasteiger partial charge in [0.15, 0.2) is 4.83 Å². The van der Waals surface area contributed by atoms with Crippen LogP contribution in [0.25, 0.3) is 10.2 Å². The van der Waals surface area contributed by atoms with Gasteiger partial charge in [-0.05, 0) is 32.8 Å². The van der Waals surface area contributed by atoms with Crippen LogP contribution in [0.4, 0.5) is 5.13 Å². The van der Waals surface area contributed by atoms with E-state index >= 15 is 0 Å². The fourth-order valence-electron chi connectivity index (χ4n) is 2.20. The summed E-state index contributed by atoms with van der Waals surface area (Å²) in [6.45, 7) is 7.38. The van der Waals surface area contributed by atoms with E-state index in [-0.39, 0.29) is 11.5 Å². The maximum Gasteiger partial charge on any atom is 0.279 e. The normalized spacial score (nSPS) is 12.5. The van der Waals surface area contributed by atoms with Gasteiger partial charge in [-0.3, -0.25) is 14.9 Å². The van der Waals surface area contributed by atoms with Gasteiger partial charge in [-0.15, -0.1) is 26.6 Å². The van der Waals surface area contributed by atoms with Crippen LogP contribution in [0.1, 0.15) is 35.3 Å². The number of hydrogen-bond donors (Lipinski definition) is 1. The first-order valence-electron chi connectivity index (χ1n) is 7.40. The van der Waals surface area contributed by atoms with Crippen LogP contribution in [-0.2, 0) is 11.2 Å². The summed E-state index contributed by atoms with van der Waals surface area (Å²) in [5.74, 6) is -0.380. The number of nitrogens with zero attached hydrogens (tertiary/aromatic N) is 5. The molecule has 0 aliphatic carbocycles. The first-order chi connectivity index (χ1) is 11.4. The maximum atomic E-state index is 12.7. The fourth-order valence-corrected chi connectivity index (χ4v) is 3.84. The summed E-state index contributed by atoms with van der Waals surface area (Å²) in [6.07, 6.45) is 0.751. The minimum atomic E-state index is -0.803. The largest absolute Gasteiger partial charge is 0.299 e. The molecule has 1 unspecified atom stereocenters. The highest BCUT2D eigenvalue weighted by atomic mass is 32.1. The number of rotatable bonds is 4. The Balaban J connectivity index is 1.91. The lowest BCUT2D eigenvalue weighted by Gasteiger charge is -2.11. The number of aryl methyl sites for hydroxylation is 3. The molecule has 0 saturated heterocycles. The van der Waals surface area contributed by atoms with Gasteiger partial charge in [-0.1, -0.05) is 23.5 Å². The smallest absolute Gasteiger partial charge is 0.279 e. The number of carbonyl (C=O) groups is 1. The van der Waals surface area contributed by atoms with Crippen molar-refractivity contribution in [1.82, 2.24) is 25.2 Å². The highest BCUT2D eigenvalue weighted by Gasteiger charge is 2.22. The third-order valence-electron chi connectivity index (χ3n) is 3.77. The topological polar surface area (TPSA) is 103 Å². The highest BCUT2D eigenvalue weighted by Crippen LogP contribution is 2.25. The van der Waals surface area contributed by atoms with Crippen molar-refractivity contribution in [2.75, 3.05) is 5.32 Å². The van der Waals surface area contributed by atoms with E-state index in [2.05, 4.69) is 25.8 Å². The number of nitrogens with one attached hydrogen (secondary N) is 1. The number of thiophene rings is 1. The van der Waals surface area contributed by atoms with E-state index in [1.807, 2.05) is 20.8 Å². The zero-order valence-electron chi connectivity index (χ0n) is 13.7. The van der Waals surface area contributed by atoms with Crippen LogP contribution in [0.2, 0.25) is 0 Å². The van der Waals surface area contributed by atoms with Crippen LogP contribution in [0, 0.1) is 13.8 Å². The summed E-state index contributed by atoms with van der Waals surface area (Å²) in [5.41, 5.74) is 0.573. The van der Waals surface area contributed by atoms with Crippen molar-refractivity contribution in [2.24, 2.45) is 0 Å². The van der Waals surface area contributed by atoms with Crippen LogP contribution in [0.15, 0.2) is 4.79 Å². The monoisotopic (exact) mass is 364 g/mol. The molecule has 0 bridgehead atoms. The number of anilines is 1. The summed E-state index contributed by atoms with van der Waals surface area (Å²) in [7, 11) is 0. The Bertz CT molecular complexity index is 973. The Morgan fingerprint density at radius 1 is 1.25 bits per heavy atom. The molecular weight excluding hydrogens is 348 g/mol. The number of aromatic nitrogens is 5. The Morgan fingerprint density at radius 2 is 2.00 bits per heavy atom. The molecule has 1 amide bonds. The predicted octanol–water partition coefficient (Wildman–Crippen LogP) is 2.08. The summed E-state index contributed by atoms with van der Waals surface area (Å²) in [6, 6.07) is -0.803.